The Hall–Kier alpha value is -1.00. The van der Waals surface area contributed by atoms with Crippen LogP contribution in [0.1, 0.15) is 17.0 Å². The van der Waals surface area contributed by atoms with Crippen LogP contribution in [0.5, 0.6) is 0 Å². The van der Waals surface area contributed by atoms with Gasteiger partial charge in [0, 0.05) is 19.1 Å². The standard InChI is InChI=1S/C10H12ClNO3/c11-9-2-1-8(15-9)10(13)12-5-7-3-4-14-6-7/h1-2,7H,3-6H2,(H,12,13)/t7-/m1/s1. The molecule has 0 unspecified atom stereocenters. The van der Waals surface area contributed by atoms with Crippen LogP contribution in [0, 0.1) is 5.92 Å². The Morgan fingerprint density at radius 2 is 2.47 bits per heavy atom. The summed E-state index contributed by atoms with van der Waals surface area (Å²) in [5.74, 6) is 0.437. The van der Waals surface area contributed by atoms with E-state index in [2.05, 4.69) is 5.32 Å². The first-order valence-corrected chi connectivity index (χ1v) is 5.25. The fourth-order valence-electron chi connectivity index (χ4n) is 1.50. The van der Waals surface area contributed by atoms with Crippen molar-refractivity contribution in [1.82, 2.24) is 5.32 Å². The fraction of sp³-hybridized carbons (Fsp3) is 0.500. The van der Waals surface area contributed by atoms with E-state index in [1.807, 2.05) is 0 Å². The van der Waals surface area contributed by atoms with Crippen LogP contribution in [0.25, 0.3) is 0 Å². The van der Waals surface area contributed by atoms with Gasteiger partial charge in [-0.2, -0.15) is 0 Å². The molecule has 4 nitrogen and oxygen atoms in total. The van der Waals surface area contributed by atoms with Gasteiger partial charge in [0.15, 0.2) is 11.0 Å². The second kappa shape index (κ2) is 4.68. The van der Waals surface area contributed by atoms with Crippen molar-refractivity contribution in [3.05, 3.63) is 23.1 Å². The summed E-state index contributed by atoms with van der Waals surface area (Å²) in [6, 6.07) is 3.11. The van der Waals surface area contributed by atoms with Gasteiger partial charge in [-0.15, -0.1) is 0 Å². The van der Waals surface area contributed by atoms with Crippen LogP contribution < -0.4 is 5.32 Å². The Kier molecular flexibility index (Phi) is 3.28. The lowest BCUT2D eigenvalue weighted by Gasteiger charge is -2.07. The van der Waals surface area contributed by atoms with E-state index in [9.17, 15) is 4.79 Å². The van der Waals surface area contributed by atoms with Gasteiger partial charge in [-0.05, 0) is 30.2 Å². The minimum atomic E-state index is -0.228. The molecule has 5 heteroatoms. The smallest absolute Gasteiger partial charge is 0.287 e. The van der Waals surface area contributed by atoms with Gasteiger partial charge in [-0.1, -0.05) is 0 Å². The molecule has 15 heavy (non-hydrogen) atoms. The molecular formula is C10H12ClNO3. The third kappa shape index (κ3) is 2.73. The molecule has 1 aromatic rings. The Labute approximate surface area is 92.5 Å². The Morgan fingerprint density at radius 1 is 1.60 bits per heavy atom. The highest BCUT2D eigenvalue weighted by molar-refractivity contribution is 6.29. The second-order valence-corrected chi connectivity index (χ2v) is 3.92. The second-order valence-electron chi connectivity index (χ2n) is 3.54. The summed E-state index contributed by atoms with van der Waals surface area (Å²) < 4.78 is 10.2. The molecule has 0 spiro atoms. The zero-order chi connectivity index (χ0) is 10.7. The lowest BCUT2D eigenvalue weighted by molar-refractivity contribution is 0.0917. The Balaban J connectivity index is 1.81. The maximum Gasteiger partial charge on any atom is 0.287 e. The number of ether oxygens (including phenoxy) is 1. The van der Waals surface area contributed by atoms with Gasteiger partial charge in [-0.25, -0.2) is 0 Å². The predicted octanol–water partition coefficient (Wildman–Crippen LogP) is 1.70. The van der Waals surface area contributed by atoms with Crippen molar-refractivity contribution in [2.24, 2.45) is 5.92 Å². The van der Waals surface area contributed by atoms with E-state index in [-0.39, 0.29) is 16.9 Å². The van der Waals surface area contributed by atoms with Crippen LogP contribution in [-0.4, -0.2) is 25.7 Å². The minimum absolute atomic E-state index is 0.226. The van der Waals surface area contributed by atoms with Crippen LogP contribution in [0.3, 0.4) is 0 Å². The molecular weight excluding hydrogens is 218 g/mol. The molecule has 0 saturated carbocycles. The number of nitrogens with one attached hydrogen (secondary N) is 1. The largest absolute Gasteiger partial charge is 0.440 e. The zero-order valence-electron chi connectivity index (χ0n) is 8.16. The molecule has 1 aromatic heterocycles. The summed E-state index contributed by atoms with van der Waals surface area (Å²) >= 11 is 5.57. The molecule has 1 aliphatic heterocycles. The SMILES string of the molecule is O=C(NC[C@H]1CCOC1)c1ccc(Cl)o1. The molecule has 1 atom stereocenters. The Bertz CT molecular complexity index is 344. The molecule has 0 aliphatic carbocycles. The van der Waals surface area contributed by atoms with Crippen molar-refractivity contribution in [2.45, 2.75) is 6.42 Å². The maximum absolute atomic E-state index is 11.5. The van der Waals surface area contributed by atoms with Gasteiger partial charge in [0.25, 0.3) is 5.91 Å². The van der Waals surface area contributed by atoms with Crippen LogP contribution in [-0.2, 0) is 4.74 Å². The summed E-state index contributed by atoms with van der Waals surface area (Å²) in [6.45, 7) is 2.13. The highest BCUT2D eigenvalue weighted by Crippen LogP contribution is 2.14. The first-order valence-electron chi connectivity index (χ1n) is 4.87. The van der Waals surface area contributed by atoms with Crippen LogP contribution >= 0.6 is 11.6 Å². The summed E-state index contributed by atoms with van der Waals surface area (Å²) in [5.41, 5.74) is 0. The molecule has 0 radical (unpaired) electrons. The van der Waals surface area contributed by atoms with Gasteiger partial charge in [0.1, 0.15) is 0 Å². The maximum atomic E-state index is 11.5. The third-order valence-corrected chi connectivity index (χ3v) is 2.58. The molecule has 0 aromatic carbocycles. The normalized spacial score (nSPS) is 20.5. The fourth-order valence-corrected chi connectivity index (χ4v) is 1.65. The highest BCUT2D eigenvalue weighted by Gasteiger charge is 2.17. The Morgan fingerprint density at radius 3 is 3.07 bits per heavy atom. The molecule has 1 fully saturated rings. The number of halogens is 1. The van der Waals surface area contributed by atoms with Crippen LogP contribution in [0.15, 0.2) is 16.5 Å². The predicted molar refractivity (Wildman–Crippen MR) is 55.0 cm³/mol. The number of rotatable bonds is 3. The lowest BCUT2D eigenvalue weighted by Crippen LogP contribution is -2.29. The van der Waals surface area contributed by atoms with Gasteiger partial charge in [0.2, 0.25) is 0 Å². The van der Waals surface area contributed by atoms with Crippen molar-refractivity contribution in [3.8, 4) is 0 Å². The van der Waals surface area contributed by atoms with E-state index in [4.69, 9.17) is 20.8 Å². The summed E-state index contributed by atoms with van der Waals surface area (Å²) in [7, 11) is 0. The summed E-state index contributed by atoms with van der Waals surface area (Å²) in [4.78, 5) is 11.5. The van der Waals surface area contributed by atoms with Crippen molar-refractivity contribution in [2.75, 3.05) is 19.8 Å². The van der Waals surface area contributed by atoms with Crippen molar-refractivity contribution in [1.29, 1.82) is 0 Å². The summed E-state index contributed by atoms with van der Waals surface area (Å²) in [6.07, 6.45) is 0.999. The first kappa shape index (κ1) is 10.5. The highest BCUT2D eigenvalue weighted by atomic mass is 35.5. The summed E-state index contributed by atoms with van der Waals surface area (Å²) in [5, 5.41) is 3.01. The van der Waals surface area contributed by atoms with Gasteiger partial charge < -0.3 is 14.5 Å². The van der Waals surface area contributed by atoms with E-state index < -0.39 is 0 Å². The molecule has 82 valence electrons. The van der Waals surface area contributed by atoms with E-state index in [1.165, 1.54) is 0 Å². The molecule has 2 rings (SSSR count). The number of hydrogen-bond donors (Lipinski definition) is 1. The minimum Gasteiger partial charge on any atom is -0.440 e. The average Bonchev–Trinajstić information content (AvgIpc) is 2.84. The number of amides is 1. The van der Waals surface area contributed by atoms with Gasteiger partial charge in [-0.3, -0.25) is 4.79 Å². The molecule has 0 bridgehead atoms. The quantitative estimate of drug-likeness (QED) is 0.858. The van der Waals surface area contributed by atoms with Crippen molar-refractivity contribution < 1.29 is 13.9 Å². The van der Waals surface area contributed by atoms with Crippen LogP contribution in [0.2, 0.25) is 5.22 Å². The van der Waals surface area contributed by atoms with Gasteiger partial charge in [0.05, 0.1) is 6.61 Å². The topological polar surface area (TPSA) is 51.5 Å². The molecule has 1 saturated heterocycles. The zero-order valence-corrected chi connectivity index (χ0v) is 8.92. The average molecular weight is 230 g/mol. The van der Waals surface area contributed by atoms with Gasteiger partial charge >= 0.3 is 0 Å². The molecule has 2 heterocycles. The first-order chi connectivity index (χ1) is 7.25. The van der Waals surface area contributed by atoms with Crippen molar-refractivity contribution in [3.63, 3.8) is 0 Å². The number of carbonyl (C=O) groups excluding carboxylic acids is 1. The third-order valence-electron chi connectivity index (χ3n) is 2.37. The van der Waals surface area contributed by atoms with E-state index >= 15 is 0 Å². The number of hydrogen-bond acceptors (Lipinski definition) is 3. The molecule has 1 N–H and O–H groups in total. The van der Waals surface area contributed by atoms with E-state index in [0.29, 0.717) is 12.5 Å². The van der Waals surface area contributed by atoms with Crippen molar-refractivity contribution >= 4 is 17.5 Å². The number of carbonyl (C=O) groups is 1. The monoisotopic (exact) mass is 229 g/mol. The number of furan rings is 1. The van der Waals surface area contributed by atoms with Crippen LogP contribution in [0.4, 0.5) is 0 Å². The van der Waals surface area contributed by atoms with E-state index in [1.54, 1.807) is 12.1 Å². The van der Waals surface area contributed by atoms with E-state index in [0.717, 1.165) is 19.6 Å². The molecule has 1 amide bonds. The lowest BCUT2D eigenvalue weighted by atomic mass is 10.1. The molecule has 1 aliphatic rings.